The first-order valence-corrected chi connectivity index (χ1v) is 16.4. The van der Waals surface area contributed by atoms with Crippen molar-refractivity contribution in [2.45, 2.75) is 0 Å². The Bertz CT molecular complexity index is 2650. The van der Waals surface area contributed by atoms with E-state index in [4.69, 9.17) is 29.9 Å². The van der Waals surface area contributed by atoms with Gasteiger partial charge in [0.05, 0.1) is 0 Å². The SMILES string of the molecule is C=C/C=C(\C=C)n1c(-c2cc(-c3nc4cccnc4n3-c3ccccc3)cc(-c3nc4cccnc4n3-c3ccccc3)c2)nc2cccnc21. The molecule has 0 amide bonds. The number of pyridine rings is 3. The minimum atomic E-state index is 0.681. The molecule has 0 aliphatic rings. The molecule has 9 aromatic rings. The van der Waals surface area contributed by atoms with Crippen LogP contribution in [0.4, 0.5) is 0 Å². The van der Waals surface area contributed by atoms with Gasteiger partial charge in [-0.05, 0) is 91.0 Å². The summed E-state index contributed by atoms with van der Waals surface area (Å²) in [6, 6.07) is 38.3. The standard InChI is InChI=1S/C42H29N9/c1-3-14-31(4-2)49-37(46-34-19-11-22-43-40(34)49)28-25-29(38-47-35-20-12-23-44-41(35)50(38)32-15-7-5-8-16-32)27-30(26-28)39-48-36-21-13-24-45-42(36)51(39)33-17-9-6-10-18-33/h3-27H,1-2H2/b31-14+. The molecule has 242 valence electrons. The Morgan fingerprint density at radius 1 is 0.490 bits per heavy atom. The van der Waals surface area contributed by atoms with Crippen molar-refractivity contribution in [3.05, 3.63) is 165 Å². The molecular formula is C42H29N9. The smallest absolute Gasteiger partial charge is 0.164 e. The van der Waals surface area contributed by atoms with E-state index in [9.17, 15) is 0 Å². The van der Waals surface area contributed by atoms with Gasteiger partial charge in [-0.25, -0.2) is 29.9 Å². The maximum absolute atomic E-state index is 5.18. The Kier molecular flexibility index (Phi) is 7.21. The number of hydrogen-bond donors (Lipinski definition) is 0. The Balaban J connectivity index is 1.40. The number of aromatic nitrogens is 9. The van der Waals surface area contributed by atoms with Crippen molar-refractivity contribution < 1.29 is 0 Å². The fourth-order valence-electron chi connectivity index (χ4n) is 6.58. The molecule has 6 heterocycles. The summed E-state index contributed by atoms with van der Waals surface area (Å²) in [7, 11) is 0. The largest absolute Gasteiger partial charge is 0.277 e. The highest BCUT2D eigenvalue weighted by molar-refractivity contribution is 5.89. The van der Waals surface area contributed by atoms with E-state index in [-0.39, 0.29) is 0 Å². The number of nitrogens with zero attached hydrogens (tertiary/aromatic N) is 9. The molecule has 0 aliphatic heterocycles. The van der Waals surface area contributed by atoms with Gasteiger partial charge in [-0.3, -0.25) is 13.7 Å². The maximum atomic E-state index is 5.18. The van der Waals surface area contributed by atoms with Gasteiger partial charge in [0.15, 0.2) is 16.9 Å². The van der Waals surface area contributed by atoms with Gasteiger partial charge in [0.1, 0.15) is 34.0 Å². The second-order valence-electron chi connectivity index (χ2n) is 11.9. The van der Waals surface area contributed by atoms with Crippen LogP contribution in [0.15, 0.2) is 165 Å². The maximum Gasteiger partial charge on any atom is 0.164 e. The lowest BCUT2D eigenvalue weighted by molar-refractivity contribution is 1.07. The summed E-state index contributed by atoms with van der Waals surface area (Å²) in [5.74, 6) is 2.13. The fourth-order valence-corrected chi connectivity index (χ4v) is 6.58. The highest BCUT2D eigenvalue weighted by Gasteiger charge is 2.23. The molecule has 3 aromatic carbocycles. The minimum absolute atomic E-state index is 0.681. The van der Waals surface area contributed by atoms with Crippen LogP contribution in [0, 0.1) is 0 Å². The van der Waals surface area contributed by atoms with Gasteiger partial charge in [-0.1, -0.05) is 55.6 Å². The van der Waals surface area contributed by atoms with E-state index in [1.807, 2.05) is 83.4 Å². The number of hydrogen-bond acceptors (Lipinski definition) is 6. The average molecular weight is 660 g/mol. The molecule has 9 nitrogen and oxygen atoms in total. The molecule has 0 spiro atoms. The lowest BCUT2D eigenvalue weighted by Gasteiger charge is -2.15. The summed E-state index contributed by atoms with van der Waals surface area (Å²) >= 11 is 0. The van der Waals surface area contributed by atoms with E-state index in [1.165, 1.54) is 0 Å². The zero-order valence-electron chi connectivity index (χ0n) is 27.4. The van der Waals surface area contributed by atoms with Crippen LogP contribution in [-0.4, -0.2) is 43.6 Å². The molecule has 9 heteroatoms. The van der Waals surface area contributed by atoms with Crippen molar-refractivity contribution in [1.82, 2.24) is 43.6 Å². The monoisotopic (exact) mass is 659 g/mol. The lowest BCUT2D eigenvalue weighted by atomic mass is 10.0. The first kappa shape index (κ1) is 29.8. The topological polar surface area (TPSA) is 92.1 Å². The first-order chi connectivity index (χ1) is 25.2. The summed E-state index contributed by atoms with van der Waals surface area (Å²) < 4.78 is 6.20. The molecule has 0 saturated heterocycles. The predicted molar refractivity (Wildman–Crippen MR) is 203 cm³/mol. The first-order valence-electron chi connectivity index (χ1n) is 16.4. The minimum Gasteiger partial charge on any atom is -0.277 e. The van der Waals surface area contributed by atoms with E-state index in [2.05, 4.69) is 64.8 Å². The van der Waals surface area contributed by atoms with Crippen LogP contribution in [0.3, 0.4) is 0 Å². The average Bonchev–Trinajstić information content (AvgIpc) is 3.90. The third-order valence-corrected chi connectivity index (χ3v) is 8.74. The number of rotatable bonds is 8. The van der Waals surface area contributed by atoms with Crippen LogP contribution in [0.25, 0.3) is 84.7 Å². The molecule has 51 heavy (non-hydrogen) atoms. The van der Waals surface area contributed by atoms with E-state index >= 15 is 0 Å². The van der Waals surface area contributed by atoms with Crippen LogP contribution >= 0.6 is 0 Å². The van der Waals surface area contributed by atoms with Crippen LogP contribution in [0.1, 0.15) is 0 Å². The molecule has 0 saturated carbocycles. The predicted octanol–water partition coefficient (Wildman–Crippen LogP) is 9.11. The van der Waals surface area contributed by atoms with Gasteiger partial charge in [0, 0.05) is 52.4 Å². The van der Waals surface area contributed by atoms with Crippen molar-refractivity contribution in [3.63, 3.8) is 0 Å². The number of para-hydroxylation sites is 2. The Labute approximate surface area is 292 Å². The molecule has 0 unspecified atom stereocenters. The van der Waals surface area contributed by atoms with Crippen molar-refractivity contribution in [2.75, 3.05) is 0 Å². The molecule has 0 fully saturated rings. The summed E-state index contributed by atoms with van der Waals surface area (Å²) in [5, 5.41) is 0. The third-order valence-electron chi connectivity index (χ3n) is 8.74. The van der Waals surface area contributed by atoms with Gasteiger partial charge < -0.3 is 0 Å². The Hall–Kier alpha value is -7.26. The van der Waals surface area contributed by atoms with Crippen molar-refractivity contribution in [2.24, 2.45) is 0 Å². The van der Waals surface area contributed by atoms with Crippen LogP contribution in [0.2, 0.25) is 0 Å². The van der Waals surface area contributed by atoms with Gasteiger partial charge in [-0.2, -0.15) is 0 Å². The number of benzene rings is 3. The molecule has 6 aromatic heterocycles. The number of fused-ring (bicyclic) bond motifs is 3. The van der Waals surface area contributed by atoms with Crippen LogP contribution < -0.4 is 0 Å². The van der Waals surface area contributed by atoms with Crippen molar-refractivity contribution in [3.8, 4) is 45.5 Å². The Morgan fingerprint density at radius 2 is 0.922 bits per heavy atom. The summed E-state index contributed by atoms with van der Waals surface area (Å²) in [6.07, 6.45) is 10.8. The highest BCUT2D eigenvalue weighted by Crippen LogP contribution is 2.38. The molecule has 0 bridgehead atoms. The Morgan fingerprint density at radius 3 is 1.39 bits per heavy atom. The zero-order chi connectivity index (χ0) is 34.3. The zero-order valence-corrected chi connectivity index (χ0v) is 27.4. The van der Waals surface area contributed by atoms with Gasteiger partial charge in [0.25, 0.3) is 0 Å². The van der Waals surface area contributed by atoms with Crippen molar-refractivity contribution in [1.29, 1.82) is 0 Å². The van der Waals surface area contributed by atoms with Gasteiger partial charge in [-0.15, -0.1) is 0 Å². The summed E-state index contributed by atoms with van der Waals surface area (Å²) in [5.41, 5.74) is 9.73. The number of imidazole rings is 3. The van der Waals surface area contributed by atoms with Gasteiger partial charge in [0.2, 0.25) is 0 Å². The lowest BCUT2D eigenvalue weighted by Crippen LogP contribution is -2.03. The van der Waals surface area contributed by atoms with Crippen LogP contribution in [-0.2, 0) is 0 Å². The van der Waals surface area contributed by atoms with E-state index in [0.29, 0.717) is 11.5 Å². The molecule has 0 N–H and O–H groups in total. The third kappa shape index (κ3) is 5.03. The van der Waals surface area contributed by atoms with E-state index in [1.54, 1.807) is 30.7 Å². The van der Waals surface area contributed by atoms with Crippen LogP contribution in [0.5, 0.6) is 0 Å². The second-order valence-corrected chi connectivity index (χ2v) is 11.9. The molecule has 0 radical (unpaired) electrons. The molecule has 0 aliphatic carbocycles. The van der Waals surface area contributed by atoms with E-state index < -0.39 is 0 Å². The molecule has 0 atom stereocenters. The van der Waals surface area contributed by atoms with E-state index in [0.717, 1.165) is 73.3 Å². The summed E-state index contributed by atoms with van der Waals surface area (Å²) in [6.45, 7) is 8.07. The molecular weight excluding hydrogens is 631 g/mol. The second kappa shape index (κ2) is 12.3. The fraction of sp³-hybridized carbons (Fsp3) is 0. The van der Waals surface area contributed by atoms with Gasteiger partial charge >= 0.3 is 0 Å². The normalized spacial score (nSPS) is 11.8. The molecule has 9 rings (SSSR count). The quantitative estimate of drug-likeness (QED) is 0.151. The highest BCUT2D eigenvalue weighted by atomic mass is 15.2. The van der Waals surface area contributed by atoms with Crippen molar-refractivity contribution >= 4 is 39.2 Å². The number of allylic oxidation sites excluding steroid dienone is 4. The summed E-state index contributed by atoms with van der Waals surface area (Å²) in [4.78, 5) is 29.8.